The normalized spacial score (nSPS) is 15.8. The van der Waals surface area contributed by atoms with Crippen LogP contribution in [0.5, 0.6) is 11.5 Å². The van der Waals surface area contributed by atoms with Gasteiger partial charge in [0.2, 0.25) is 5.78 Å². The highest BCUT2D eigenvalue weighted by Crippen LogP contribution is 2.48. The van der Waals surface area contributed by atoms with Crippen molar-refractivity contribution in [2.45, 2.75) is 26.8 Å². The highest BCUT2D eigenvalue weighted by Gasteiger charge is 2.47. The first kappa shape index (κ1) is 24.0. The molecule has 0 radical (unpaired) electrons. The third-order valence-electron chi connectivity index (χ3n) is 6.03. The van der Waals surface area contributed by atoms with E-state index in [0.29, 0.717) is 37.8 Å². The highest BCUT2D eigenvalue weighted by atomic mass is 32.1. The number of anilines is 1. The summed E-state index contributed by atoms with van der Waals surface area (Å²) in [5.74, 6) is -0.987. The quantitative estimate of drug-likeness (QED) is 0.335. The number of hydrogen-bond donors (Lipinski definition) is 1. The Morgan fingerprint density at radius 1 is 1.06 bits per heavy atom. The Morgan fingerprint density at radius 3 is 2.50 bits per heavy atom. The summed E-state index contributed by atoms with van der Waals surface area (Å²) >= 11 is 2.54. The van der Waals surface area contributed by atoms with Gasteiger partial charge in [0.25, 0.3) is 5.91 Å². The molecule has 1 atom stereocenters. The molecule has 10 heteroatoms. The largest absolute Gasteiger partial charge is 0.503 e. The fraction of sp³-hybridized carbons (Fsp3) is 0.231. The van der Waals surface area contributed by atoms with E-state index in [1.807, 2.05) is 25.1 Å². The predicted molar refractivity (Wildman–Crippen MR) is 140 cm³/mol. The summed E-state index contributed by atoms with van der Waals surface area (Å²) in [6.45, 7) is 5.52. The number of para-hydroxylation sites is 1. The Bertz CT molecular complexity index is 1570. The highest BCUT2D eigenvalue weighted by molar-refractivity contribution is 7.22. The predicted octanol–water partition coefficient (Wildman–Crippen LogP) is 5.48. The number of carbonyl (C=O) groups excluding carboxylic acids is 2. The van der Waals surface area contributed by atoms with E-state index in [0.717, 1.165) is 15.8 Å². The molecule has 2 aromatic carbocycles. The molecule has 0 saturated heterocycles. The number of aryl methyl sites for hydroxylation is 3. The number of nitrogens with zero attached hydrogens (tertiary/aromatic N) is 3. The van der Waals surface area contributed by atoms with E-state index in [-0.39, 0.29) is 5.57 Å². The summed E-state index contributed by atoms with van der Waals surface area (Å²) in [5.41, 5.74) is 2.77. The average Bonchev–Trinajstić information content (AvgIpc) is 3.50. The molecule has 184 valence electrons. The minimum absolute atomic E-state index is 0.0475. The van der Waals surface area contributed by atoms with Gasteiger partial charge in [0.05, 0.1) is 45.6 Å². The van der Waals surface area contributed by atoms with Crippen molar-refractivity contribution in [3.63, 3.8) is 0 Å². The van der Waals surface area contributed by atoms with E-state index >= 15 is 0 Å². The van der Waals surface area contributed by atoms with Gasteiger partial charge >= 0.3 is 0 Å². The first-order valence-corrected chi connectivity index (χ1v) is 12.7. The van der Waals surface area contributed by atoms with Gasteiger partial charge in [-0.05, 0) is 44.5 Å². The van der Waals surface area contributed by atoms with E-state index in [2.05, 4.69) is 9.97 Å². The molecular formula is C26H23N3O5S2. The van der Waals surface area contributed by atoms with Crippen LogP contribution in [0.1, 0.15) is 37.5 Å². The standard InChI is InChI=1S/C26H23N3O5S2/c1-12-9-10-16-18(11-12)36-26(28-16)29-20(15-7-6-8-17(33-4)23(15)34-5)19(22(31)25(29)32)21(30)24-13(2)27-14(3)35-24/h6-11,20,31H,1-5H3. The van der Waals surface area contributed by atoms with Crippen molar-refractivity contribution in [3.05, 3.63) is 74.4 Å². The molecular weight excluding hydrogens is 498 g/mol. The molecule has 1 aliphatic heterocycles. The topological polar surface area (TPSA) is 102 Å². The number of hydrogen-bond acceptors (Lipinski definition) is 9. The van der Waals surface area contributed by atoms with Crippen molar-refractivity contribution >= 4 is 49.7 Å². The number of aromatic nitrogens is 2. The van der Waals surface area contributed by atoms with Crippen LogP contribution in [0.4, 0.5) is 5.13 Å². The fourth-order valence-corrected chi connectivity index (χ4v) is 6.41. The van der Waals surface area contributed by atoms with Crippen LogP contribution in [-0.4, -0.2) is 41.0 Å². The lowest BCUT2D eigenvalue weighted by atomic mass is 9.94. The van der Waals surface area contributed by atoms with Crippen molar-refractivity contribution in [1.82, 2.24) is 9.97 Å². The van der Waals surface area contributed by atoms with Crippen molar-refractivity contribution < 1.29 is 24.2 Å². The fourth-order valence-electron chi connectivity index (χ4n) is 4.44. The van der Waals surface area contributed by atoms with E-state index < -0.39 is 23.5 Å². The molecule has 3 heterocycles. The van der Waals surface area contributed by atoms with E-state index in [4.69, 9.17) is 9.47 Å². The Morgan fingerprint density at radius 2 is 1.83 bits per heavy atom. The van der Waals surface area contributed by atoms with Gasteiger partial charge in [-0.1, -0.05) is 29.5 Å². The second-order valence-corrected chi connectivity index (χ2v) is 10.6. The van der Waals surface area contributed by atoms with Gasteiger partial charge in [-0.3, -0.25) is 14.5 Å². The van der Waals surface area contributed by atoms with Gasteiger partial charge in [-0.2, -0.15) is 0 Å². The Labute approximate surface area is 215 Å². The summed E-state index contributed by atoms with van der Waals surface area (Å²) in [6.07, 6.45) is 0. The zero-order chi connectivity index (χ0) is 25.7. The maximum atomic E-state index is 13.9. The molecule has 5 rings (SSSR count). The number of ether oxygens (including phenoxy) is 2. The molecule has 8 nitrogen and oxygen atoms in total. The Balaban J connectivity index is 1.75. The minimum Gasteiger partial charge on any atom is -0.503 e. The summed E-state index contributed by atoms with van der Waals surface area (Å²) < 4.78 is 12.0. The summed E-state index contributed by atoms with van der Waals surface area (Å²) in [6, 6.07) is 10.1. The van der Waals surface area contributed by atoms with Gasteiger partial charge in [0, 0.05) is 5.56 Å². The van der Waals surface area contributed by atoms with Crippen molar-refractivity contribution in [2.75, 3.05) is 19.1 Å². The molecule has 0 aliphatic carbocycles. The summed E-state index contributed by atoms with van der Waals surface area (Å²) in [5, 5.41) is 12.2. The number of methoxy groups -OCH3 is 2. The molecule has 2 aromatic heterocycles. The van der Waals surface area contributed by atoms with Gasteiger partial charge < -0.3 is 14.6 Å². The smallest absolute Gasteiger partial charge is 0.296 e. The molecule has 1 N–H and O–H groups in total. The Kier molecular flexibility index (Phi) is 6.01. The second-order valence-electron chi connectivity index (χ2n) is 8.37. The molecule has 0 bridgehead atoms. The van der Waals surface area contributed by atoms with Gasteiger partial charge in [-0.25, -0.2) is 9.97 Å². The van der Waals surface area contributed by atoms with Crippen LogP contribution in [0.25, 0.3) is 10.2 Å². The van der Waals surface area contributed by atoms with Crippen LogP contribution in [0.3, 0.4) is 0 Å². The van der Waals surface area contributed by atoms with E-state index in [1.54, 1.807) is 32.0 Å². The molecule has 4 aromatic rings. The third kappa shape index (κ3) is 3.73. The number of fused-ring (bicyclic) bond motifs is 1. The Hall–Kier alpha value is -3.76. The maximum absolute atomic E-state index is 13.9. The lowest BCUT2D eigenvalue weighted by molar-refractivity contribution is -0.117. The molecule has 0 spiro atoms. The second kappa shape index (κ2) is 9.03. The van der Waals surface area contributed by atoms with Gasteiger partial charge in [-0.15, -0.1) is 11.3 Å². The number of benzene rings is 2. The van der Waals surface area contributed by atoms with Crippen LogP contribution in [0.2, 0.25) is 0 Å². The zero-order valence-electron chi connectivity index (χ0n) is 20.3. The third-order valence-corrected chi connectivity index (χ3v) is 8.12. The van der Waals surface area contributed by atoms with Crippen molar-refractivity contribution in [2.24, 2.45) is 0 Å². The number of aliphatic hydroxyl groups excluding tert-OH is 1. The number of amides is 1. The maximum Gasteiger partial charge on any atom is 0.296 e. The van der Waals surface area contributed by atoms with Gasteiger partial charge in [0.1, 0.15) is 6.04 Å². The van der Waals surface area contributed by atoms with Crippen LogP contribution in [0, 0.1) is 20.8 Å². The average molecular weight is 522 g/mol. The molecule has 1 amide bonds. The zero-order valence-corrected chi connectivity index (χ0v) is 21.9. The van der Waals surface area contributed by atoms with Crippen LogP contribution in [-0.2, 0) is 4.79 Å². The number of ketones is 1. The van der Waals surface area contributed by atoms with E-state index in [9.17, 15) is 14.7 Å². The molecule has 0 fully saturated rings. The van der Waals surface area contributed by atoms with Crippen molar-refractivity contribution in [1.29, 1.82) is 0 Å². The first-order chi connectivity index (χ1) is 17.2. The summed E-state index contributed by atoms with van der Waals surface area (Å²) in [7, 11) is 3.00. The first-order valence-electron chi connectivity index (χ1n) is 11.1. The van der Waals surface area contributed by atoms with Crippen molar-refractivity contribution in [3.8, 4) is 11.5 Å². The monoisotopic (exact) mass is 521 g/mol. The number of aliphatic hydroxyl groups is 1. The molecule has 1 unspecified atom stereocenters. The number of Topliss-reactive ketones (excluding diaryl/α,β-unsaturated/α-hetero) is 1. The molecule has 0 saturated carbocycles. The SMILES string of the molecule is COc1cccc(C2C(C(=O)c3sc(C)nc3C)=C(O)C(=O)N2c2nc3ccc(C)cc3s2)c1OC. The minimum atomic E-state index is -0.987. The van der Waals surface area contributed by atoms with Crippen LogP contribution >= 0.6 is 22.7 Å². The van der Waals surface area contributed by atoms with Crippen LogP contribution < -0.4 is 14.4 Å². The lowest BCUT2D eigenvalue weighted by Gasteiger charge is -2.26. The number of carbonyl (C=O) groups is 2. The number of rotatable bonds is 6. The molecule has 1 aliphatic rings. The molecule has 36 heavy (non-hydrogen) atoms. The number of thiazole rings is 2. The van der Waals surface area contributed by atoms with Gasteiger partial charge in [0.15, 0.2) is 22.4 Å². The van der Waals surface area contributed by atoms with Crippen LogP contribution in [0.15, 0.2) is 47.7 Å². The summed E-state index contributed by atoms with van der Waals surface area (Å²) in [4.78, 5) is 38.2. The lowest BCUT2D eigenvalue weighted by Crippen LogP contribution is -2.31. The van der Waals surface area contributed by atoms with E-state index in [1.165, 1.54) is 41.8 Å².